The molecule has 2 fully saturated rings. The first-order valence-electron chi connectivity index (χ1n) is 8.64. The highest BCUT2D eigenvalue weighted by atomic mass is 16.5. The predicted molar refractivity (Wildman–Crippen MR) is 89.6 cm³/mol. The van der Waals surface area contributed by atoms with E-state index in [1.807, 2.05) is 13.1 Å². The molecule has 6 nitrogen and oxygen atoms in total. The molecular formula is C17H28N4O2. The van der Waals surface area contributed by atoms with Crippen LogP contribution in [0.3, 0.4) is 0 Å². The monoisotopic (exact) mass is 320 g/mol. The van der Waals surface area contributed by atoms with Crippen LogP contribution in [0.2, 0.25) is 0 Å². The Bertz CT molecular complexity index is 521. The minimum absolute atomic E-state index is 0.0545. The standard InChI is InChI=1S/C17H28N4O2/c1-4-10-20(2)17-19-18-16(14-7-5-6-11-23-14)21(17)12-15(22-3)13-8-9-13/h4,13-15H,1,5-12H2,2-3H3. The van der Waals surface area contributed by atoms with E-state index in [9.17, 15) is 0 Å². The molecule has 1 aliphatic heterocycles. The third kappa shape index (κ3) is 3.75. The van der Waals surface area contributed by atoms with Gasteiger partial charge in [-0.15, -0.1) is 16.8 Å². The van der Waals surface area contributed by atoms with E-state index < -0.39 is 0 Å². The molecule has 23 heavy (non-hydrogen) atoms. The van der Waals surface area contributed by atoms with E-state index >= 15 is 0 Å². The van der Waals surface area contributed by atoms with E-state index in [4.69, 9.17) is 9.47 Å². The van der Waals surface area contributed by atoms with E-state index in [-0.39, 0.29) is 12.2 Å². The molecule has 2 heterocycles. The van der Waals surface area contributed by atoms with E-state index in [2.05, 4.69) is 26.2 Å². The number of rotatable bonds is 8. The number of anilines is 1. The highest BCUT2D eigenvalue weighted by Crippen LogP contribution is 2.36. The van der Waals surface area contributed by atoms with Gasteiger partial charge in [-0.25, -0.2) is 0 Å². The van der Waals surface area contributed by atoms with Crippen molar-refractivity contribution >= 4 is 5.95 Å². The second-order valence-electron chi connectivity index (χ2n) is 6.60. The molecular weight excluding hydrogens is 292 g/mol. The zero-order valence-electron chi connectivity index (χ0n) is 14.3. The predicted octanol–water partition coefficient (Wildman–Crippen LogP) is 2.57. The van der Waals surface area contributed by atoms with Crippen LogP contribution in [0.1, 0.15) is 44.0 Å². The number of ether oxygens (including phenoxy) is 2. The first-order valence-corrected chi connectivity index (χ1v) is 8.64. The quantitative estimate of drug-likeness (QED) is 0.689. The van der Waals surface area contributed by atoms with Gasteiger partial charge in [-0.1, -0.05) is 6.08 Å². The Morgan fingerprint density at radius 2 is 2.22 bits per heavy atom. The van der Waals surface area contributed by atoms with E-state index in [0.29, 0.717) is 5.92 Å². The molecule has 1 saturated heterocycles. The van der Waals surface area contributed by atoms with Crippen molar-refractivity contribution in [2.24, 2.45) is 5.92 Å². The van der Waals surface area contributed by atoms with Crippen LogP contribution in [0.4, 0.5) is 5.95 Å². The van der Waals surface area contributed by atoms with E-state index in [0.717, 1.165) is 44.3 Å². The van der Waals surface area contributed by atoms with Gasteiger partial charge in [-0.2, -0.15) is 0 Å². The van der Waals surface area contributed by atoms with Crippen molar-refractivity contribution in [3.8, 4) is 0 Å². The molecule has 0 spiro atoms. The van der Waals surface area contributed by atoms with Crippen molar-refractivity contribution in [1.82, 2.24) is 14.8 Å². The summed E-state index contributed by atoms with van der Waals surface area (Å²) < 4.78 is 13.9. The molecule has 3 rings (SSSR count). The summed E-state index contributed by atoms with van der Waals surface area (Å²) in [5, 5.41) is 8.90. The smallest absolute Gasteiger partial charge is 0.227 e. The number of hydrogen-bond acceptors (Lipinski definition) is 5. The highest BCUT2D eigenvalue weighted by Gasteiger charge is 2.34. The molecule has 1 aliphatic carbocycles. The molecule has 1 saturated carbocycles. The van der Waals surface area contributed by atoms with Gasteiger partial charge in [0.1, 0.15) is 6.10 Å². The zero-order valence-corrected chi connectivity index (χ0v) is 14.3. The summed E-state index contributed by atoms with van der Waals surface area (Å²) in [7, 11) is 3.82. The molecule has 0 aromatic carbocycles. The van der Waals surface area contributed by atoms with Gasteiger partial charge in [0.2, 0.25) is 5.95 Å². The van der Waals surface area contributed by atoms with Gasteiger partial charge in [0.15, 0.2) is 5.82 Å². The van der Waals surface area contributed by atoms with Crippen LogP contribution in [-0.4, -0.2) is 48.2 Å². The van der Waals surface area contributed by atoms with Crippen LogP contribution in [0.25, 0.3) is 0 Å². The third-order valence-corrected chi connectivity index (χ3v) is 4.78. The van der Waals surface area contributed by atoms with Crippen molar-refractivity contribution in [3.63, 3.8) is 0 Å². The van der Waals surface area contributed by atoms with Gasteiger partial charge in [0.05, 0.1) is 12.6 Å². The molecule has 1 aromatic rings. The Morgan fingerprint density at radius 3 is 2.83 bits per heavy atom. The first kappa shape index (κ1) is 16.5. The molecule has 0 bridgehead atoms. The number of aromatic nitrogens is 3. The van der Waals surface area contributed by atoms with E-state index in [1.165, 1.54) is 19.3 Å². The lowest BCUT2D eigenvalue weighted by Gasteiger charge is -2.26. The van der Waals surface area contributed by atoms with Gasteiger partial charge in [0.25, 0.3) is 0 Å². The number of likely N-dealkylation sites (N-methyl/N-ethyl adjacent to an activating group) is 1. The van der Waals surface area contributed by atoms with Crippen molar-refractivity contribution in [2.45, 2.75) is 50.9 Å². The Morgan fingerprint density at radius 1 is 1.39 bits per heavy atom. The van der Waals surface area contributed by atoms with Crippen LogP contribution in [0.5, 0.6) is 0 Å². The van der Waals surface area contributed by atoms with E-state index in [1.54, 1.807) is 7.11 Å². The molecule has 0 amide bonds. The van der Waals surface area contributed by atoms with Crippen LogP contribution < -0.4 is 4.90 Å². The number of methoxy groups -OCH3 is 1. The van der Waals surface area contributed by atoms with Crippen molar-refractivity contribution < 1.29 is 9.47 Å². The maximum absolute atomic E-state index is 5.95. The number of hydrogen-bond donors (Lipinski definition) is 0. The lowest BCUT2D eigenvalue weighted by Crippen LogP contribution is -2.28. The Hall–Kier alpha value is -1.40. The Balaban J connectivity index is 1.86. The third-order valence-electron chi connectivity index (χ3n) is 4.78. The molecule has 2 atom stereocenters. The minimum Gasteiger partial charge on any atom is -0.379 e. The van der Waals surface area contributed by atoms with Crippen LogP contribution in [-0.2, 0) is 16.0 Å². The van der Waals surface area contributed by atoms with Crippen LogP contribution in [0, 0.1) is 5.92 Å². The normalized spacial score (nSPS) is 22.8. The summed E-state index contributed by atoms with van der Waals surface area (Å²) in [4.78, 5) is 2.08. The summed E-state index contributed by atoms with van der Waals surface area (Å²) in [5.41, 5.74) is 0. The fourth-order valence-electron chi connectivity index (χ4n) is 3.29. The molecule has 0 radical (unpaired) electrons. The van der Waals surface area contributed by atoms with Gasteiger partial charge >= 0.3 is 0 Å². The largest absolute Gasteiger partial charge is 0.379 e. The minimum atomic E-state index is 0.0545. The summed E-state index contributed by atoms with van der Waals surface area (Å²) in [6, 6.07) is 0. The second kappa shape index (κ2) is 7.45. The SMILES string of the molecule is C=CCN(C)c1nnc(C2CCCCO2)n1CC(OC)C1CC1. The van der Waals surface area contributed by atoms with Crippen molar-refractivity contribution in [3.05, 3.63) is 18.5 Å². The molecule has 0 N–H and O–H groups in total. The lowest BCUT2D eigenvalue weighted by atomic mass is 10.1. The Labute approximate surface area is 138 Å². The van der Waals surface area contributed by atoms with Crippen LogP contribution in [0.15, 0.2) is 12.7 Å². The fraction of sp³-hybridized carbons (Fsp3) is 0.765. The van der Waals surface area contributed by atoms with Gasteiger partial charge in [-0.05, 0) is 38.0 Å². The number of nitrogens with zero attached hydrogens (tertiary/aromatic N) is 4. The van der Waals surface area contributed by atoms with Crippen molar-refractivity contribution in [1.29, 1.82) is 0 Å². The van der Waals surface area contributed by atoms with Gasteiger partial charge < -0.3 is 14.4 Å². The molecule has 1 aromatic heterocycles. The molecule has 2 aliphatic rings. The summed E-state index contributed by atoms with van der Waals surface area (Å²) in [5.74, 6) is 2.48. The molecule has 128 valence electrons. The van der Waals surface area contributed by atoms with Gasteiger partial charge in [-0.3, -0.25) is 4.57 Å². The Kier molecular flexibility index (Phi) is 5.33. The maximum Gasteiger partial charge on any atom is 0.227 e. The topological polar surface area (TPSA) is 52.4 Å². The molecule has 2 unspecified atom stereocenters. The summed E-state index contributed by atoms with van der Waals surface area (Å²) in [6.45, 7) is 6.16. The average molecular weight is 320 g/mol. The zero-order chi connectivity index (χ0) is 16.2. The average Bonchev–Trinajstić information content (AvgIpc) is 3.33. The maximum atomic E-state index is 5.95. The second-order valence-corrected chi connectivity index (χ2v) is 6.60. The summed E-state index contributed by atoms with van der Waals surface area (Å²) >= 11 is 0. The fourth-order valence-corrected chi connectivity index (χ4v) is 3.29. The van der Waals surface area contributed by atoms with Crippen molar-refractivity contribution in [2.75, 3.05) is 32.2 Å². The van der Waals surface area contributed by atoms with Crippen LogP contribution >= 0.6 is 0 Å². The first-order chi connectivity index (χ1) is 11.2. The lowest BCUT2D eigenvalue weighted by molar-refractivity contribution is 0.00425. The van der Waals surface area contributed by atoms with Gasteiger partial charge in [0, 0.05) is 27.3 Å². The summed E-state index contributed by atoms with van der Waals surface area (Å²) in [6.07, 6.45) is 8.02. The molecule has 6 heteroatoms. The highest BCUT2D eigenvalue weighted by molar-refractivity contribution is 5.31.